The number of aliphatic carboxylic acids is 1. The van der Waals surface area contributed by atoms with Gasteiger partial charge >= 0.3 is 5.97 Å². The standard InChI is InChI=1S/C15H25FN2O3/c16-12-6-2-4-10(8-12)14-17-13(18-21-14)9-3-1-5-11(7-9)15(19)20/h9-14,17-18H,1-8H2,(H,19,20). The number of carbonyl (C=O) groups is 1. The second-order valence-electron chi connectivity index (χ2n) is 6.79. The number of nitrogens with one attached hydrogen (secondary N) is 2. The molecule has 1 saturated heterocycles. The Labute approximate surface area is 124 Å². The minimum Gasteiger partial charge on any atom is -0.481 e. The van der Waals surface area contributed by atoms with Gasteiger partial charge in [-0.3, -0.25) is 14.9 Å². The highest BCUT2D eigenvalue weighted by molar-refractivity contribution is 5.70. The molecule has 1 aliphatic heterocycles. The molecule has 6 heteroatoms. The van der Waals surface area contributed by atoms with E-state index in [1.165, 1.54) is 0 Å². The zero-order valence-electron chi connectivity index (χ0n) is 12.3. The van der Waals surface area contributed by atoms with Crippen molar-refractivity contribution in [2.24, 2.45) is 17.8 Å². The molecule has 3 fully saturated rings. The molecular weight excluding hydrogens is 275 g/mol. The van der Waals surface area contributed by atoms with Crippen LogP contribution in [0.25, 0.3) is 0 Å². The molecule has 0 spiro atoms. The lowest BCUT2D eigenvalue weighted by Crippen LogP contribution is -2.45. The quantitative estimate of drug-likeness (QED) is 0.745. The lowest BCUT2D eigenvalue weighted by Gasteiger charge is -2.31. The summed E-state index contributed by atoms with van der Waals surface area (Å²) in [6.45, 7) is 0. The second kappa shape index (κ2) is 6.58. The van der Waals surface area contributed by atoms with E-state index in [4.69, 9.17) is 4.84 Å². The number of alkyl halides is 1. The summed E-state index contributed by atoms with van der Waals surface area (Å²) in [7, 11) is 0. The highest BCUT2D eigenvalue weighted by Gasteiger charge is 2.39. The van der Waals surface area contributed by atoms with Crippen molar-refractivity contribution in [1.82, 2.24) is 10.8 Å². The lowest BCUT2D eigenvalue weighted by atomic mass is 9.79. The van der Waals surface area contributed by atoms with Crippen LogP contribution in [-0.2, 0) is 9.63 Å². The summed E-state index contributed by atoms with van der Waals surface area (Å²) >= 11 is 0. The van der Waals surface area contributed by atoms with Crippen molar-refractivity contribution in [1.29, 1.82) is 0 Å². The molecule has 0 aromatic heterocycles. The van der Waals surface area contributed by atoms with E-state index >= 15 is 0 Å². The summed E-state index contributed by atoms with van der Waals surface area (Å²) in [4.78, 5) is 16.8. The van der Waals surface area contributed by atoms with Crippen LogP contribution >= 0.6 is 0 Å². The molecule has 0 aromatic carbocycles. The van der Waals surface area contributed by atoms with Gasteiger partial charge in [-0.15, -0.1) is 0 Å². The normalized spacial score (nSPS) is 44.6. The van der Waals surface area contributed by atoms with Crippen LogP contribution in [-0.4, -0.2) is 29.6 Å². The Balaban J connectivity index is 1.53. The Morgan fingerprint density at radius 1 is 1.10 bits per heavy atom. The molecular formula is C15H25FN2O3. The van der Waals surface area contributed by atoms with Crippen LogP contribution in [0, 0.1) is 17.8 Å². The highest BCUT2D eigenvalue weighted by atomic mass is 19.1. The van der Waals surface area contributed by atoms with Crippen molar-refractivity contribution in [2.75, 3.05) is 0 Å². The van der Waals surface area contributed by atoms with E-state index in [1.54, 1.807) is 0 Å². The van der Waals surface area contributed by atoms with E-state index in [-0.39, 0.29) is 30.1 Å². The number of hydroxylamine groups is 1. The maximum Gasteiger partial charge on any atom is 0.306 e. The smallest absolute Gasteiger partial charge is 0.306 e. The van der Waals surface area contributed by atoms with Crippen LogP contribution < -0.4 is 10.8 Å². The van der Waals surface area contributed by atoms with Gasteiger partial charge in [0, 0.05) is 5.92 Å². The molecule has 2 saturated carbocycles. The molecule has 2 aliphatic carbocycles. The molecule has 6 atom stereocenters. The summed E-state index contributed by atoms with van der Waals surface area (Å²) in [5, 5.41) is 12.6. The van der Waals surface area contributed by atoms with E-state index in [2.05, 4.69) is 10.8 Å². The maximum absolute atomic E-state index is 13.5. The second-order valence-corrected chi connectivity index (χ2v) is 6.79. The fraction of sp³-hybridized carbons (Fsp3) is 0.933. The molecule has 120 valence electrons. The molecule has 21 heavy (non-hydrogen) atoms. The van der Waals surface area contributed by atoms with Gasteiger partial charge in [-0.2, -0.15) is 5.48 Å². The average molecular weight is 300 g/mol. The van der Waals surface area contributed by atoms with Gasteiger partial charge in [0.25, 0.3) is 0 Å². The third kappa shape index (κ3) is 3.55. The molecule has 3 aliphatic rings. The van der Waals surface area contributed by atoms with E-state index in [0.717, 1.165) is 32.1 Å². The minimum absolute atomic E-state index is 0.00265. The number of carboxylic acid groups (broad SMARTS) is 1. The Bertz CT molecular complexity index is 382. The first-order chi connectivity index (χ1) is 10.1. The first-order valence-electron chi connectivity index (χ1n) is 8.17. The van der Waals surface area contributed by atoms with Gasteiger partial charge in [0.15, 0.2) is 0 Å². The van der Waals surface area contributed by atoms with E-state index in [0.29, 0.717) is 19.3 Å². The van der Waals surface area contributed by atoms with Crippen LogP contribution in [0.5, 0.6) is 0 Å². The van der Waals surface area contributed by atoms with Gasteiger partial charge in [0.2, 0.25) is 0 Å². The third-order valence-corrected chi connectivity index (χ3v) is 5.28. The first-order valence-corrected chi connectivity index (χ1v) is 8.17. The molecule has 0 amide bonds. The summed E-state index contributed by atoms with van der Waals surface area (Å²) < 4.78 is 13.5. The topological polar surface area (TPSA) is 70.6 Å². The summed E-state index contributed by atoms with van der Waals surface area (Å²) in [5.41, 5.74) is 3.02. The van der Waals surface area contributed by atoms with Crippen molar-refractivity contribution in [3.8, 4) is 0 Å². The summed E-state index contributed by atoms with van der Waals surface area (Å²) in [5.74, 6) is -0.446. The van der Waals surface area contributed by atoms with Crippen molar-refractivity contribution in [2.45, 2.75) is 69.9 Å². The molecule has 3 rings (SSSR count). The molecule has 3 N–H and O–H groups in total. The number of hydrogen-bond donors (Lipinski definition) is 3. The molecule has 5 nitrogen and oxygen atoms in total. The van der Waals surface area contributed by atoms with Crippen LogP contribution in [0.3, 0.4) is 0 Å². The Morgan fingerprint density at radius 3 is 2.62 bits per heavy atom. The largest absolute Gasteiger partial charge is 0.481 e. The Kier molecular flexibility index (Phi) is 4.76. The monoisotopic (exact) mass is 300 g/mol. The maximum atomic E-state index is 13.5. The van der Waals surface area contributed by atoms with E-state index in [9.17, 15) is 14.3 Å². The number of hydrogen-bond acceptors (Lipinski definition) is 4. The van der Waals surface area contributed by atoms with Crippen LogP contribution in [0.4, 0.5) is 4.39 Å². The fourth-order valence-corrected chi connectivity index (χ4v) is 4.05. The zero-order chi connectivity index (χ0) is 14.8. The molecule has 0 bridgehead atoms. The van der Waals surface area contributed by atoms with Crippen molar-refractivity contribution in [3.05, 3.63) is 0 Å². The Morgan fingerprint density at radius 2 is 1.86 bits per heavy atom. The van der Waals surface area contributed by atoms with Crippen LogP contribution in [0.15, 0.2) is 0 Å². The number of rotatable bonds is 3. The number of carboxylic acids is 1. The predicted octanol–water partition coefficient (Wildman–Crippen LogP) is 2.18. The lowest BCUT2D eigenvalue weighted by molar-refractivity contribution is -0.143. The van der Waals surface area contributed by atoms with E-state index in [1.807, 2.05) is 0 Å². The molecule has 6 unspecified atom stereocenters. The SMILES string of the molecule is O=C(O)C1CCCC(C2NOC(C3CCCC(F)C3)N2)C1. The van der Waals surface area contributed by atoms with Gasteiger partial charge in [0.05, 0.1) is 12.1 Å². The number of halogens is 1. The van der Waals surface area contributed by atoms with Crippen molar-refractivity contribution < 1.29 is 19.1 Å². The zero-order valence-corrected chi connectivity index (χ0v) is 12.3. The minimum atomic E-state index is -0.709. The summed E-state index contributed by atoms with van der Waals surface area (Å²) in [6, 6.07) is 0. The van der Waals surface area contributed by atoms with Gasteiger partial charge in [-0.1, -0.05) is 12.8 Å². The van der Waals surface area contributed by atoms with Crippen LogP contribution in [0.2, 0.25) is 0 Å². The van der Waals surface area contributed by atoms with Gasteiger partial charge in [-0.25, -0.2) is 4.39 Å². The van der Waals surface area contributed by atoms with Crippen molar-refractivity contribution >= 4 is 5.97 Å². The highest BCUT2D eigenvalue weighted by Crippen LogP contribution is 2.34. The van der Waals surface area contributed by atoms with Crippen LogP contribution in [0.1, 0.15) is 51.4 Å². The van der Waals surface area contributed by atoms with Gasteiger partial charge < -0.3 is 5.11 Å². The molecule has 1 heterocycles. The summed E-state index contributed by atoms with van der Waals surface area (Å²) in [6.07, 6.45) is 5.72. The van der Waals surface area contributed by atoms with Gasteiger partial charge in [-0.05, 0) is 44.4 Å². The molecule has 0 radical (unpaired) electrons. The van der Waals surface area contributed by atoms with E-state index < -0.39 is 12.1 Å². The van der Waals surface area contributed by atoms with Crippen molar-refractivity contribution in [3.63, 3.8) is 0 Å². The Hall–Kier alpha value is -0.720. The predicted molar refractivity (Wildman–Crippen MR) is 74.9 cm³/mol. The average Bonchev–Trinajstić information content (AvgIpc) is 2.97. The molecule has 0 aromatic rings. The van der Waals surface area contributed by atoms with Gasteiger partial charge in [0.1, 0.15) is 12.4 Å². The third-order valence-electron chi connectivity index (χ3n) is 5.28. The fourth-order valence-electron chi connectivity index (χ4n) is 4.05. The first kappa shape index (κ1) is 15.2.